The van der Waals surface area contributed by atoms with Crippen LogP contribution in [0.5, 0.6) is 0 Å². The molecule has 0 N–H and O–H groups in total. The first-order chi connectivity index (χ1) is 7.13. The van der Waals surface area contributed by atoms with Crippen molar-refractivity contribution in [3.05, 3.63) is 33.7 Å². The summed E-state index contributed by atoms with van der Waals surface area (Å²) in [5, 5.41) is 0.757. The van der Waals surface area contributed by atoms with Crippen LogP contribution in [-0.4, -0.2) is 12.1 Å². The van der Waals surface area contributed by atoms with Crippen molar-refractivity contribution in [1.29, 1.82) is 0 Å². The molecular weight excluding hydrogens is 232 g/mol. The Balaban J connectivity index is 2.78. The van der Waals surface area contributed by atoms with Gasteiger partial charge in [-0.15, -0.1) is 11.3 Å². The van der Waals surface area contributed by atoms with Crippen molar-refractivity contribution >= 4 is 45.1 Å². The Labute approximate surface area is 95.5 Å². The van der Waals surface area contributed by atoms with E-state index in [0.717, 1.165) is 16.4 Å². The Morgan fingerprint density at radius 2 is 2.20 bits per heavy atom. The van der Waals surface area contributed by atoms with Crippen molar-refractivity contribution in [2.75, 3.05) is 0 Å². The minimum absolute atomic E-state index is 0.0175. The SMILES string of the molecule is CC(=O)c1ccc2sc(Cl)c(C=O)c2c1. The average Bonchev–Trinajstić information content (AvgIpc) is 2.51. The molecule has 0 radical (unpaired) electrons. The van der Waals surface area contributed by atoms with Gasteiger partial charge in [0, 0.05) is 15.6 Å². The highest BCUT2D eigenvalue weighted by Gasteiger charge is 2.11. The summed E-state index contributed by atoms with van der Waals surface area (Å²) in [6, 6.07) is 5.27. The molecule has 2 rings (SSSR count). The Morgan fingerprint density at radius 3 is 2.80 bits per heavy atom. The number of hydrogen-bond donors (Lipinski definition) is 0. The molecule has 0 aliphatic heterocycles. The topological polar surface area (TPSA) is 34.1 Å². The quantitative estimate of drug-likeness (QED) is 0.592. The largest absolute Gasteiger partial charge is 0.298 e. The van der Waals surface area contributed by atoms with Gasteiger partial charge in [0.15, 0.2) is 12.1 Å². The van der Waals surface area contributed by atoms with E-state index in [0.29, 0.717) is 15.5 Å². The molecule has 0 amide bonds. The van der Waals surface area contributed by atoms with E-state index in [1.807, 2.05) is 6.07 Å². The fourth-order valence-electron chi connectivity index (χ4n) is 1.42. The van der Waals surface area contributed by atoms with Crippen LogP contribution in [0, 0.1) is 0 Å². The van der Waals surface area contributed by atoms with E-state index in [2.05, 4.69) is 0 Å². The maximum Gasteiger partial charge on any atom is 0.159 e. The maximum atomic E-state index is 11.2. The van der Waals surface area contributed by atoms with E-state index < -0.39 is 0 Å². The minimum atomic E-state index is -0.0175. The molecule has 2 aromatic rings. The van der Waals surface area contributed by atoms with Gasteiger partial charge in [-0.3, -0.25) is 9.59 Å². The lowest BCUT2D eigenvalue weighted by Crippen LogP contribution is -1.90. The molecule has 0 bridgehead atoms. The van der Waals surface area contributed by atoms with Gasteiger partial charge in [0.25, 0.3) is 0 Å². The summed E-state index contributed by atoms with van der Waals surface area (Å²) in [7, 11) is 0. The third-order valence-electron chi connectivity index (χ3n) is 2.21. The monoisotopic (exact) mass is 238 g/mol. The van der Waals surface area contributed by atoms with Crippen LogP contribution >= 0.6 is 22.9 Å². The van der Waals surface area contributed by atoms with Crippen LogP contribution in [0.25, 0.3) is 10.1 Å². The smallest absolute Gasteiger partial charge is 0.159 e. The zero-order valence-electron chi connectivity index (χ0n) is 7.91. The molecule has 76 valence electrons. The summed E-state index contributed by atoms with van der Waals surface area (Å²) in [6.07, 6.45) is 0.727. The van der Waals surface area contributed by atoms with E-state index in [9.17, 15) is 9.59 Å². The van der Waals surface area contributed by atoms with Gasteiger partial charge in [-0.1, -0.05) is 11.6 Å². The Morgan fingerprint density at radius 1 is 1.47 bits per heavy atom. The predicted octanol–water partition coefficient (Wildman–Crippen LogP) is 3.57. The highest BCUT2D eigenvalue weighted by Crippen LogP contribution is 2.34. The van der Waals surface area contributed by atoms with Crippen LogP contribution < -0.4 is 0 Å². The van der Waals surface area contributed by atoms with Crippen LogP contribution in [-0.2, 0) is 0 Å². The van der Waals surface area contributed by atoms with Crippen LogP contribution in [0.15, 0.2) is 18.2 Å². The molecule has 4 heteroatoms. The van der Waals surface area contributed by atoms with Gasteiger partial charge >= 0.3 is 0 Å². The van der Waals surface area contributed by atoms with Crippen LogP contribution in [0.1, 0.15) is 27.6 Å². The number of Topliss-reactive ketones (excluding diaryl/α,β-unsaturated/α-hetero) is 1. The molecule has 0 saturated carbocycles. The van der Waals surface area contributed by atoms with Crippen molar-refractivity contribution in [3.63, 3.8) is 0 Å². The Hall–Kier alpha value is -1.19. The molecule has 0 unspecified atom stereocenters. The molecule has 2 nitrogen and oxygen atoms in total. The van der Waals surface area contributed by atoms with Crippen molar-refractivity contribution in [1.82, 2.24) is 0 Å². The van der Waals surface area contributed by atoms with E-state index in [1.165, 1.54) is 18.3 Å². The number of carbonyl (C=O) groups is 2. The number of fused-ring (bicyclic) bond motifs is 1. The normalized spacial score (nSPS) is 10.5. The first-order valence-corrected chi connectivity index (χ1v) is 5.51. The van der Waals surface area contributed by atoms with E-state index in [4.69, 9.17) is 11.6 Å². The minimum Gasteiger partial charge on any atom is -0.298 e. The zero-order valence-corrected chi connectivity index (χ0v) is 9.48. The van der Waals surface area contributed by atoms with Crippen LogP contribution in [0.4, 0.5) is 0 Å². The van der Waals surface area contributed by atoms with Gasteiger partial charge < -0.3 is 0 Å². The van der Waals surface area contributed by atoms with Gasteiger partial charge in [0.05, 0.1) is 5.56 Å². The van der Waals surface area contributed by atoms with Crippen molar-refractivity contribution in [3.8, 4) is 0 Å². The predicted molar refractivity (Wildman–Crippen MR) is 62.2 cm³/mol. The second-order valence-electron chi connectivity index (χ2n) is 3.17. The second-order valence-corrected chi connectivity index (χ2v) is 4.83. The van der Waals surface area contributed by atoms with Crippen LogP contribution in [0.2, 0.25) is 4.34 Å². The van der Waals surface area contributed by atoms with Crippen molar-refractivity contribution in [2.45, 2.75) is 6.92 Å². The third kappa shape index (κ3) is 1.68. The average molecular weight is 239 g/mol. The Kier molecular flexibility index (Phi) is 2.59. The van der Waals surface area contributed by atoms with Gasteiger partial charge in [0.1, 0.15) is 4.34 Å². The zero-order chi connectivity index (χ0) is 11.0. The standard InChI is InChI=1S/C11H7ClO2S/c1-6(14)7-2-3-10-8(4-7)9(5-13)11(12)15-10/h2-5H,1H3. The lowest BCUT2D eigenvalue weighted by molar-refractivity contribution is 0.101. The van der Waals surface area contributed by atoms with Crippen molar-refractivity contribution < 1.29 is 9.59 Å². The highest BCUT2D eigenvalue weighted by molar-refractivity contribution is 7.23. The number of halogens is 1. The summed E-state index contributed by atoms with van der Waals surface area (Å²) < 4.78 is 1.40. The summed E-state index contributed by atoms with van der Waals surface area (Å²) in [5.41, 5.74) is 1.07. The number of carbonyl (C=O) groups excluding carboxylic acids is 2. The molecular formula is C11H7ClO2S. The fraction of sp³-hybridized carbons (Fsp3) is 0.0909. The summed E-state index contributed by atoms with van der Waals surface area (Å²) in [5.74, 6) is -0.0175. The number of ketones is 1. The first kappa shape index (κ1) is 10.3. The second kappa shape index (κ2) is 3.76. The maximum absolute atomic E-state index is 11.2. The van der Waals surface area contributed by atoms with E-state index in [1.54, 1.807) is 12.1 Å². The summed E-state index contributed by atoms with van der Waals surface area (Å²) in [4.78, 5) is 22.0. The van der Waals surface area contributed by atoms with Gasteiger partial charge in [-0.2, -0.15) is 0 Å². The van der Waals surface area contributed by atoms with Gasteiger partial charge in [-0.05, 0) is 25.1 Å². The molecule has 15 heavy (non-hydrogen) atoms. The van der Waals surface area contributed by atoms with Crippen molar-refractivity contribution in [2.24, 2.45) is 0 Å². The third-order valence-corrected chi connectivity index (χ3v) is 3.62. The molecule has 0 aliphatic carbocycles. The van der Waals surface area contributed by atoms with Gasteiger partial charge in [-0.25, -0.2) is 0 Å². The summed E-state index contributed by atoms with van der Waals surface area (Å²) >= 11 is 7.25. The van der Waals surface area contributed by atoms with Crippen LogP contribution in [0.3, 0.4) is 0 Å². The van der Waals surface area contributed by atoms with E-state index >= 15 is 0 Å². The number of thiophene rings is 1. The lowest BCUT2D eigenvalue weighted by Gasteiger charge is -1.95. The molecule has 0 saturated heterocycles. The summed E-state index contributed by atoms with van der Waals surface area (Å²) in [6.45, 7) is 1.50. The molecule has 0 atom stereocenters. The molecule has 1 aromatic heterocycles. The first-order valence-electron chi connectivity index (χ1n) is 4.31. The number of aldehydes is 1. The molecule has 0 spiro atoms. The number of benzene rings is 1. The van der Waals surface area contributed by atoms with Gasteiger partial charge in [0.2, 0.25) is 0 Å². The fourth-order valence-corrected chi connectivity index (χ4v) is 2.69. The molecule has 1 aromatic carbocycles. The molecule has 1 heterocycles. The highest BCUT2D eigenvalue weighted by atomic mass is 35.5. The number of hydrogen-bond acceptors (Lipinski definition) is 3. The lowest BCUT2D eigenvalue weighted by atomic mass is 10.1. The number of rotatable bonds is 2. The van der Waals surface area contributed by atoms with E-state index in [-0.39, 0.29) is 5.78 Å². The molecule has 0 fully saturated rings. The Bertz CT molecular complexity index is 557. The molecule has 0 aliphatic rings.